The smallest absolute Gasteiger partial charge is 0.318 e. The highest BCUT2D eigenvalue weighted by Gasteiger charge is 2.46. The molecule has 1 atom stereocenters. The Morgan fingerprint density at radius 2 is 1.94 bits per heavy atom. The van der Waals surface area contributed by atoms with Gasteiger partial charge in [-0.2, -0.15) is 0 Å². The zero-order valence-electron chi connectivity index (χ0n) is 10.7. The Kier molecular flexibility index (Phi) is 3.99. The molecule has 0 saturated carbocycles. The van der Waals surface area contributed by atoms with Gasteiger partial charge >= 0.3 is 5.97 Å². The van der Waals surface area contributed by atoms with Crippen molar-refractivity contribution in [3.63, 3.8) is 0 Å². The Labute approximate surface area is 107 Å². The van der Waals surface area contributed by atoms with E-state index >= 15 is 0 Å². The topological polar surface area (TPSA) is 44.8 Å². The molecule has 0 radical (unpaired) electrons. The van der Waals surface area contributed by atoms with E-state index in [1.54, 1.807) is 13.8 Å². The summed E-state index contributed by atoms with van der Waals surface area (Å²) in [7, 11) is 0. The molecule has 1 saturated heterocycles. The van der Waals surface area contributed by atoms with E-state index in [0.29, 0.717) is 19.8 Å². The maximum Gasteiger partial charge on any atom is 0.318 e. The third-order valence-electron chi connectivity index (χ3n) is 3.04. The van der Waals surface area contributed by atoms with E-state index in [9.17, 15) is 4.79 Å². The van der Waals surface area contributed by atoms with Crippen LogP contribution in [-0.4, -0.2) is 31.6 Å². The number of benzene rings is 1. The van der Waals surface area contributed by atoms with Gasteiger partial charge in [-0.25, -0.2) is 0 Å². The summed E-state index contributed by atoms with van der Waals surface area (Å²) in [5, 5.41) is 0. The van der Waals surface area contributed by atoms with Gasteiger partial charge in [-0.15, -0.1) is 0 Å². The average Bonchev–Trinajstić information content (AvgIpc) is 2.78. The summed E-state index contributed by atoms with van der Waals surface area (Å²) in [6.45, 7) is 4.92. The highest BCUT2D eigenvalue weighted by Crippen LogP contribution is 2.36. The molecular formula is C14H18O4. The molecule has 18 heavy (non-hydrogen) atoms. The summed E-state index contributed by atoms with van der Waals surface area (Å²) >= 11 is 0. The number of ether oxygens (including phenoxy) is 3. The fourth-order valence-electron chi connectivity index (χ4n) is 2.22. The van der Waals surface area contributed by atoms with Gasteiger partial charge in [0.1, 0.15) is 5.92 Å². The van der Waals surface area contributed by atoms with Crippen LogP contribution >= 0.6 is 0 Å². The van der Waals surface area contributed by atoms with Crippen molar-refractivity contribution in [2.75, 3.05) is 19.8 Å². The molecule has 4 nitrogen and oxygen atoms in total. The molecule has 1 aromatic carbocycles. The lowest BCUT2D eigenvalue weighted by molar-refractivity contribution is -0.184. The largest absolute Gasteiger partial charge is 0.465 e. The van der Waals surface area contributed by atoms with Gasteiger partial charge in [0.05, 0.1) is 19.8 Å². The minimum Gasteiger partial charge on any atom is -0.465 e. The van der Waals surface area contributed by atoms with E-state index in [0.717, 1.165) is 5.56 Å². The van der Waals surface area contributed by atoms with Crippen molar-refractivity contribution >= 4 is 5.97 Å². The van der Waals surface area contributed by atoms with E-state index in [4.69, 9.17) is 14.2 Å². The summed E-state index contributed by atoms with van der Waals surface area (Å²) < 4.78 is 16.3. The Morgan fingerprint density at radius 1 is 1.33 bits per heavy atom. The molecule has 98 valence electrons. The van der Waals surface area contributed by atoms with E-state index in [-0.39, 0.29) is 5.97 Å². The summed E-state index contributed by atoms with van der Waals surface area (Å²) in [4.78, 5) is 12.2. The van der Waals surface area contributed by atoms with Crippen molar-refractivity contribution in [2.24, 2.45) is 0 Å². The Balaban J connectivity index is 2.31. The van der Waals surface area contributed by atoms with Crippen LogP contribution in [0.25, 0.3) is 0 Å². The lowest BCUT2D eigenvalue weighted by atomic mass is 9.91. The van der Waals surface area contributed by atoms with Crippen molar-refractivity contribution in [2.45, 2.75) is 25.6 Å². The quantitative estimate of drug-likeness (QED) is 0.768. The second kappa shape index (κ2) is 5.50. The molecule has 4 heteroatoms. The maximum absolute atomic E-state index is 12.2. The number of esters is 1. The second-order valence-corrected chi connectivity index (χ2v) is 4.31. The number of hydrogen-bond acceptors (Lipinski definition) is 4. The molecule has 1 aliphatic heterocycles. The van der Waals surface area contributed by atoms with Crippen LogP contribution < -0.4 is 0 Å². The molecule has 0 amide bonds. The van der Waals surface area contributed by atoms with Gasteiger partial charge in [-0.1, -0.05) is 30.3 Å². The third-order valence-corrected chi connectivity index (χ3v) is 3.04. The standard InChI is InChI=1S/C14H18O4/c1-3-16-13(15)12(11-7-5-4-6-8-11)14(2)17-9-10-18-14/h4-8,12H,3,9-10H2,1-2H3. The lowest BCUT2D eigenvalue weighted by Crippen LogP contribution is -2.39. The fourth-order valence-corrected chi connectivity index (χ4v) is 2.22. The van der Waals surface area contributed by atoms with Crippen LogP contribution in [-0.2, 0) is 19.0 Å². The first-order valence-corrected chi connectivity index (χ1v) is 6.17. The molecular weight excluding hydrogens is 232 g/mol. The third kappa shape index (κ3) is 2.54. The maximum atomic E-state index is 12.2. The molecule has 0 bridgehead atoms. The van der Waals surface area contributed by atoms with Crippen LogP contribution in [0.4, 0.5) is 0 Å². The van der Waals surface area contributed by atoms with Gasteiger partial charge in [-0.05, 0) is 19.4 Å². The van der Waals surface area contributed by atoms with Crippen LogP contribution in [0.3, 0.4) is 0 Å². The van der Waals surface area contributed by atoms with E-state index < -0.39 is 11.7 Å². The number of rotatable bonds is 4. The Bertz CT molecular complexity index is 396. The van der Waals surface area contributed by atoms with Gasteiger partial charge in [0.25, 0.3) is 0 Å². The van der Waals surface area contributed by atoms with Crippen molar-refractivity contribution in [1.29, 1.82) is 0 Å². The van der Waals surface area contributed by atoms with Gasteiger partial charge in [0.15, 0.2) is 5.79 Å². The van der Waals surface area contributed by atoms with Crippen molar-refractivity contribution in [1.82, 2.24) is 0 Å². The average molecular weight is 250 g/mol. The zero-order valence-corrected chi connectivity index (χ0v) is 10.7. The Hall–Kier alpha value is -1.39. The molecule has 0 N–H and O–H groups in total. The molecule has 1 aromatic rings. The normalized spacial score (nSPS) is 19.4. The first kappa shape index (κ1) is 13.1. The second-order valence-electron chi connectivity index (χ2n) is 4.31. The van der Waals surface area contributed by atoms with Gasteiger partial charge in [-0.3, -0.25) is 4.79 Å². The first-order valence-electron chi connectivity index (χ1n) is 6.17. The molecule has 1 unspecified atom stereocenters. The van der Waals surface area contributed by atoms with E-state index in [1.165, 1.54) is 0 Å². The minimum absolute atomic E-state index is 0.312. The molecule has 1 heterocycles. The Morgan fingerprint density at radius 3 is 2.50 bits per heavy atom. The summed E-state index contributed by atoms with van der Waals surface area (Å²) in [5.41, 5.74) is 0.848. The van der Waals surface area contributed by atoms with Crippen LogP contribution in [0.2, 0.25) is 0 Å². The van der Waals surface area contributed by atoms with Crippen molar-refractivity contribution in [3.05, 3.63) is 35.9 Å². The molecule has 1 fully saturated rings. The number of hydrogen-bond donors (Lipinski definition) is 0. The molecule has 1 aliphatic rings. The number of carbonyl (C=O) groups is 1. The molecule has 0 aromatic heterocycles. The molecule has 0 aliphatic carbocycles. The summed E-state index contributed by atoms with van der Waals surface area (Å²) in [5.74, 6) is -1.80. The van der Waals surface area contributed by atoms with Crippen LogP contribution in [0.15, 0.2) is 30.3 Å². The lowest BCUT2D eigenvalue weighted by Gasteiger charge is -2.30. The SMILES string of the molecule is CCOC(=O)C(c1ccccc1)C1(C)OCCO1. The highest BCUT2D eigenvalue weighted by atomic mass is 16.7. The predicted octanol–water partition coefficient (Wildman–Crippen LogP) is 2.10. The van der Waals surface area contributed by atoms with Gasteiger partial charge < -0.3 is 14.2 Å². The van der Waals surface area contributed by atoms with E-state index in [1.807, 2.05) is 30.3 Å². The first-order chi connectivity index (χ1) is 8.67. The monoisotopic (exact) mass is 250 g/mol. The minimum atomic E-state index is -0.937. The molecule has 0 spiro atoms. The molecule has 2 rings (SSSR count). The van der Waals surface area contributed by atoms with Crippen LogP contribution in [0.5, 0.6) is 0 Å². The predicted molar refractivity (Wildman–Crippen MR) is 66.1 cm³/mol. The zero-order chi connectivity index (χ0) is 13.0. The van der Waals surface area contributed by atoms with Gasteiger partial charge in [0.2, 0.25) is 0 Å². The number of carbonyl (C=O) groups excluding carboxylic acids is 1. The van der Waals surface area contributed by atoms with E-state index in [2.05, 4.69) is 0 Å². The highest BCUT2D eigenvalue weighted by molar-refractivity contribution is 5.79. The van der Waals surface area contributed by atoms with Crippen molar-refractivity contribution < 1.29 is 19.0 Å². The van der Waals surface area contributed by atoms with Crippen molar-refractivity contribution in [3.8, 4) is 0 Å². The van der Waals surface area contributed by atoms with Gasteiger partial charge in [0, 0.05) is 0 Å². The summed E-state index contributed by atoms with van der Waals surface area (Å²) in [6.07, 6.45) is 0. The fraction of sp³-hybridized carbons (Fsp3) is 0.500. The van der Waals surface area contributed by atoms with Crippen LogP contribution in [0, 0.1) is 0 Å². The summed E-state index contributed by atoms with van der Waals surface area (Å²) in [6, 6.07) is 9.46. The van der Waals surface area contributed by atoms with Crippen LogP contribution in [0.1, 0.15) is 25.3 Å².